The van der Waals surface area contributed by atoms with Gasteiger partial charge in [0, 0.05) is 6.54 Å². The molecule has 6 nitrogen and oxygen atoms in total. The molecule has 0 bridgehead atoms. The Morgan fingerprint density at radius 2 is 2.21 bits per heavy atom. The first kappa shape index (κ1) is 13.0. The van der Waals surface area contributed by atoms with E-state index in [9.17, 15) is 14.9 Å². The van der Waals surface area contributed by atoms with Gasteiger partial charge in [0.05, 0.1) is 4.92 Å². The van der Waals surface area contributed by atoms with Gasteiger partial charge >= 0.3 is 11.7 Å². The molecule has 0 saturated heterocycles. The normalized spacial score (nSPS) is 10.1. The number of thiophene rings is 1. The zero-order valence-electron chi connectivity index (χ0n) is 9.70. The van der Waals surface area contributed by atoms with Crippen LogP contribution in [0.2, 0.25) is 0 Å². The van der Waals surface area contributed by atoms with Crippen LogP contribution in [0.15, 0.2) is 35.0 Å². The molecular weight excluding hydrogens is 268 g/mol. The lowest BCUT2D eigenvalue weighted by Crippen LogP contribution is -2.07. The van der Waals surface area contributed by atoms with Gasteiger partial charge in [0.25, 0.3) is 0 Å². The van der Waals surface area contributed by atoms with Crippen LogP contribution in [0.25, 0.3) is 0 Å². The van der Waals surface area contributed by atoms with Gasteiger partial charge in [-0.05, 0) is 34.5 Å². The molecule has 2 aromatic rings. The summed E-state index contributed by atoms with van der Waals surface area (Å²) in [5.41, 5.74) is 0.460. The molecule has 0 aliphatic carbocycles. The molecule has 19 heavy (non-hydrogen) atoms. The molecule has 0 unspecified atom stereocenters. The maximum Gasteiger partial charge on any atom is 0.342 e. The topological polar surface area (TPSA) is 92.5 Å². The maximum atomic E-state index is 11.0. The Balaban J connectivity index is 2.31. The standard InChI is InChI=1S/C12H10N2O4S/c15-12(16)9-2-1-3-10(11(9)14(17)18)13-6-8-4-5-19-7-8/h1-5,7,13H,6H2,(H,15,16). The summed E-state index contributed by atoms with van der Waals surface area (Å²) in [6, 6.07) is 6.09. The van der Waals surface area contributed by atoms with Gasteiger partial charge in [-0.3, -0.25) is 10.1 Å². The van der Waals surface area contributed by atoms with Crippen molar-refractivity contribution >= 4 is 28.7 Å². The fourth-order valence-corrected chi connectivity index (χ4v) is 2.31. The van der Waals surface area contributed by atoms with Crippen LogP contribution < -0.4 is 5.32 Å². The molecule has 0 aliphatic heterocycles. The van der Waals surface area contributed by atoms with Gasteiger partial charge in [0.1, 0.15) is 11.3 Å². The minimum absolute atomic E-state index is 0.205. The van der Waals surface area contributed by atoms with Crippen LogP contribution in [0.3, 0.4) is 0 Å². The number of hydrogen-bond donors (Lipinski definition) is 2. The lowest BCUT2D eigenvalue weighted by Gasteiger charge is -2.07. The van der Waals surface area contributed by atoms with Gasteiger partial charge in [-0.15, -0.1) is 0 Å². The molecular formula is C12H10N2O4S. The Morgan fingerprint density at radius 3 is 2.79 bits per heavy atom. The average molecular weight is 278 g/mol. The summed E-state index contributed by atoms with van der Waals surface area (Å²) in [5.74, 6) is -1.31. The molecule has 2 rings (SSSR count). The molecule has 0 fully saturated rings. The van der Waals surface area contributed by atoms with E-state index in [-0.39, 0.29) is 11.3 Å². The van der Waals surface area contributed by atoms with Crippen molar-refractivity contribution < 1.29 is 14.8 Å². The van der Waals surface area contributed by atoms with Crippen LogP contribution in [0, 0.1) is 10.1 Å². The summed E-state index contributed by atoms with van der Waals surface area (Å²) >= 11 is 1.53. The minimum atomic E-state index is -1.31. The Labute approximate surface area is 112 Å². The fraction of sp³-hybridized carbons (Fsp3) is 0.0833. The molecule has 1 heterocycles. The molecule has 98 valence electrons. The van der Waals surface area contributed by atoms with E-state index >= 15 is 0 Å². The lowest BCUT2D eigenvalue weighted by molar-refractivity contribution is -0.384. The predicted molar refractivity (Wildman–Crippen MR) is 71.7 cm³/mol. The molecule has 0 aliphatic rings. The fourth-order valence-electron chi connectivity index (χ4n) is 1.65. The van der Waals surface area contributed by atoms with Gasteiger partial charge in [0.15, 0.2) is 0 Å². The summed E-state index contributed by atoms with van der Waals surface area (Å²) in [6.07, 6.45) is 0. The van der Waals surface area contributed by atoms with Crippen molar-refractivity contribution in [2.45, 2.75) is 6.54 Å². The lowest BCUT2D eigenvalue weighted by atomic mass is 10.1. The number of nitro benzene ring substituents is 1. The number of carboxylic acid groups (broad SMARTS) is 1. The van der Waals surface area contributed by atoms with Crippen LogP contribution in [-0.2, 0) is 6.54 Å². The number of rotatable bonds is 5. The van der Waals surface area contributed by atoms with Crippen molar-refractivity contribution in [3.8, 4) is 0 Å². The third-order valence-corrected chi connectivity index (χ3v) is 3.24. The number of carboxylic acids is 1. The highest BCUT2D eigenvalue weighted by molar-refractivity contribution is 7.07. The third-order valence-electron chi connectivity index (χ3n) is 2.51. The number of benzene rings is 1. The Kier molecular flexibility index (Phi) is 3.76. The molecule has 0 amide bonds. The Morgan fingerprint density at radius 1 is 1.42 bits per heavy atom. The monoisotopic (exact) mass is 278 g/mol. The van der Waals surface area contributed by atoms with E-state index in [2.05, 4.69) is 5.32 Å². The summed E-state index contributed by atoms with van der Waals surface area (Å²) in [6.45, 7) is 0.410. The predicted octanol–water partition coefficient (Wildman–Crippen LogP) is 2.97. The van der Waals surface area contributed by atoms with E-state index in [1.807, 2.05) is 16.8 Å². The molecule has 1 aromatic heterocycles. The molecule has 0 saturated carbocycles. The average Bonchev–Trinajstić information content (AvgIpc) is 2.88. The highest BCUT2D eigenvalue weighted by Gasteiger charge is 2.23. The third kappa shape index (κ3) is 2.89. The van der Waals surface area contributed by atoms with Crippen LogP contribution in [-0.4, -0.2) is 16.0 Å². The quantitative estimate of drug-likeness (QED) is 0.648. The zero-order chi connectivity index (χ0) is 13.8. The van der Waals surface area contributed by atoms with Crippen molar-refractivity contribution in [1.29, 1.82) is 0 Å². The summed E-state index contributed by atoms with van der Waals surface area (Å²) in [7, 11) is 0. The van der Waals surface area contributed by atoms with Crippen molar-refractivity contribution in [2.24, 2.45) is 0 Å². The van der Waals surface area contributed by atoms with Gasteiger partial charge < -0.3 is 10.4 Å². The summed E-state index contributed by atoms with van der Waals surface area (Å²) < 4.78 is 0. The smallest absolute Gasteiger partial charge is 0.342 e. The number of anilines is 1. The maximum absolute atomic E-state index is 11.0. The van der Waals surface area contributed by atoms with E-state index in [4.69, 9.17) is 5.11 Å². The number of nitrogens with zero attached hydrogens (tertiary/aromatic N) is 1. The van der Waals surface area contributed by atoms with Crippen molar-refractivity contribution in [2.75, 3.05) is 5.32 Å². The van der Waals surface area contributed by atoms with E-state index in [1.54, 1.807) is 0 Å². The second-order valence-corrected chi connectivity index (χ2v) is 4.53. The molecule has 7 heteroatoms. The van der Waals surface area contributed by atoms with Crippen molar-refractivity contribution in [3.63, 3.8) is 0 Å². The second kappa shape index (κ2) is 5.49. The minimum Gasteiger partial charge on any atom is -0.477 e. The summed E-state index contributed by atoms with van der Waals surface area (Å²) in [4.78, 5) is 21.3. The van der Waals surface area contributed by atoms with E-state index in [0.29, 0.717) is 6.54 Å². The largest absolute Gasteiger partial charge is 0.477 e. The van der Waals surface area contributed by atoms with Crippen LogP contribution in [0.4, 0.5) is 11.4 Å². The van der Waals surface area contributed by atoms with Crippen LogP contribution in [0.5, 0.6) is 0 Å². The first-order valence-corrected chi connectivity index (χ1v) is 6.29. The van der Waals surface area contributed by atoms with Crippen LogP contribution >= 0.6 is 11.3 Å². The number of nitro groups is 1. The van der Waals surface area contributed by atoms with E-state index in [0.717, 1.165) is 5.56 Å². The van der Waals surface area contributed by atoms with Gasteiger partial charge in [-0.1, -0.05) is 6.07 Å². The SMILES string of the molecule is O=C(O)c1cccc(NCc2ccsc2)c1[N+](=O)[O-]. The molecule has 1 aromatic carbocycles. The van der Waals surface area contributed by atoms with Crippen LogP contribution in [0.1, 0.15) is 15.9 Å². The number of para-hydroxylation sites is 1. The number of aromatic carboxylic acids is 1. The Hall–Kier alpha value is -2.41. The first-order valence-electron chi connectivity index (χ1n) is 5.35. The summed E-state index contributed by atoms with van der Waals surface area (Å²) in [5, 5.41) is 26.7. The highest BCUT2D eigenvalue weighted by atomic mass is 32.1. The van der Waals surface area contributed by atoms with E-state index < -0.39 is 16.6 Å². The van der Waals surface area contributed by atoms with Crippen molar-refractivity contribution in [1.82, 2.24) is 0 Å². The second-order valence-electron chi connectivity index (χ2n) is 3.75. The number of nitrogens with one attached hydrogen (secondary N) is 1. The molecule has 0 spiro atoms. The molecule has 0 atom stereocenters. The Bertz CT molecular complexity index is 610. The first-order chi connectivity index (χ1) is 9.09. The van der Waals surface area contributed by atoms with Gasteiger partial charge in [0.2, 0.25) is 0 Å². The highest BCUT2D eigenvalue weighted by Crippen LogP contribution is 2.29. The number of hydrogen-bond acceptors (Lipinski definition) is 5. The van der Waals surface area contributed by atoms with Gasteiger partial charge in [-0.2, -0.15) is 11.3 Å². The number of carbonyl (C=O) groups is 1. The molecule has 0 radical (unpaired) electrons. The zero-order valence-corrected chi connectivity index (χ0v) is 10.5. The van der Waals surface area contributed by atoms with Gasteiger partial charge in [-0.25, -0.2) is 4.79 Å². The van der Waals surface area contributed by atoms with E-state index in [1.165, 1.54) is 29.5 Å². The van der Waals surface area contributed by atoms with Crippen molar-refractivity contribution in [3.05, 3.63) is 56.3 Å². The molecule has 2 N–H and O–H groups in total.